The molecule has 4 nitrogen and oxygen atoms in total. The smallest absolute Gasteiger partial charge is 0.240 e. The third kappa shape index (κ3) is 2.42. The molecule has 0 aromatic heterocycles. The summed E-state index contributed by atoms with van der Waals surface area (Å²) in [7, 11) is 0. The quantitative estimate of drug-likeness (QED) is 0.842. The molecule has 96 valence electrons. The first-order valence-electron chi connectivity index (χ1n) is 5.85. The minimum absolute atomic E-state index is 0.0554. The largest absolute Gasteiger partial charge is 0.396 e. The summed E-state index contributed by atoms with van der Waals surface area (Å²) in [6, 6.07) is 5.32. The van der Waals surface area contributed by atoms with E-state index >= 15 is 0 Å². The maximum absolute atomic E-state index is 12.1. The van der Waals surface area contributed by atoms with Gasteiger partial charge in [0, 0.05) is 23.6 Å². The lowest BCUT2D eigenvalue weighted by Crippen LogP contribution is -2.40. The Morgan fingerprint density at radius 3 is 2.94 bits per heavy atom. The van der Waals surface area contributed by atoms with Gasteiger partial charge in [-0.2, -0.15) is 0 Å². The normalized spacial score (nSPS) is 18.7. The van der Waals surface area contributed by atoms with E-state index in [0.717, 1.165) is 16.9 Å². The molecule has 5 heteroatoms. The van der Waals surface area contributed by atoms with Crippen LogP contribution < -0.4 is 4.90 Å². The Kier molecular flexibility index (Phi) is 4.04. The zero-order valence-electron chi connectivity index (χ0n) is 10.1. The van der Waals surface area contributed by atoms with Gasteiger partial charge >= 0.3 is 0 Å². The van der Waals surface area contributed by atoms with E-state index in [9.17, 15) is 9.59 Å². The summed E-state index contributed by atoms with van der Waals surface area (Å²) in [4.78, 5) is 25.5. The summed E-state index contributed by atoms with van der Waals surface area (Å²) in [5.74, 6) is 0.0554. The van der Waals surface area contributed by atoms with Gasteiger partial charge in [0.15, 0.2) is 0 Å². The summed E-state index contributed by atoms with van der Waals surface area (Å²) in [5, 5.41) is 8.74. The van der Waals surface area contributed by atoms with E-state index in [2.05, 4.69) is 0 Å². The number of carbonyl (C=O) groups excluding carboxylic acids is 2. The molecule has 0 spiro atoms. The lowest BCUT2D eigenvalue weighted by atomic mass is 10.2. The third-order valence-corrected chi connectivity index (χ3v) is 4.00. The molecule has 18 heavy (non-hydrogen) atoms. The van der Waals surface area contributed by atoms with Gasteiger partial charge in [0.1, 0.15) is 6.29 Å². The summed E-state index contributed by atoms with van der Waals surface area (Å²) >= 11 is 1.47. The zero-order chi connectivity index (χ0) is 13.1. The minimum Gasteiger partial charge on any atom is -0.396 e. The highest BCUT2D eigenvalue weighted by atomic mass is 32.2. The van der Waals surface area contributed by atoms with Crippen molar-refractivity contribution in [2.45, 2.75) is 23.5 Å². The monoisotopic (exact) mass is 265 g/mol. The van der Waals surface area contributed by atoms with E-state index in [1.54, 1.807) is 17.0 Å². The standard InChI is InChI=1S/C13H15NO3S/c1-9-13(17)14(5-2-6-15)11-4-3-10(8-16)7-12(11)18-9/h3-4,7-9,15H,2,5-6H2,1H3. The predicted molar refractivity (Wildman–Crippen MR) is 71.2 cm³/mol. The van der Waals surface area contributed by atoms with Gasteiger partial charge in [-0.15, -0.1) is 11.8 Å². The van der Waals surface area contributed by atoms with Crippen molar-refractivity contribution >= 4 is 29.6 Å². The molecule has 1 atom stereocenters. The van der Waals surface area contributed by atoms with E-state index in [4.69, 9.17) is 5.11 Å². The molecule has 1 aliphatic heterocycles. The lowest BCUT2D eigenvalue weighted by Gasteiger charge is -2.32. The zero-order valence-corrected chi connectivity index (χ0v) is 10.9. The Balaban J connectivity index is 2.37. The fourth-order valence-corrected chi connectivity index (χ4v) is 3.07. The average Bonchev–Trinajstić information content (AvgIpc) is 2.39. The first-order valence-corrected chi connectivity index (χ1v) is 6.73. The molecule has 0 aliphatic carbocycles. The number of aliphatic hydroxyl groups excluding tert-OH is 1. The molecule has 1 amide bonds. The Morgan fingerprint density at radius 1 is 1.50 bits per heavy atom. The number of fused-ring (bicyclic) bond motifs is 1. The Bertz CT molecular complexity index is 475. The van der Waals surface area contributed by atoms with Crippen molar-refractivity contribution in [3.8, 4) is 0 Å². The van der Waals surface area contributed by atoms with Crippen LogP contribution in [-0.2, 0) is 4.79 Å². The summed E-state index contributed by atoms with van der Waals surface area (Å²) in [5.41, 5.74) is 1.45. The Labute approximate surface area is 110 Å². The maximum atomic E-state index is 12.1. The number of rotatable bonds is 4. The van der Waals surface area contributed by atoms with Crippen LogP contribution in [0.2, 0.25) is 0 Å². The van der Waals surface area contributed by atoms with Crippen LogP contribution in [0.25, 0.3) is 0 Å². The lowest BCUT2D eigenvalue weighted by molar-refractivity contribution is -0.118. The van der Waals surface area contributed by atoms with Gasteiger partial charge in [-0.3, -0.25) is 9.59 Å². The van der Waals surface area contributed by atoms with Crippen LogP contribution in [-0.4, -0.2) is 35.7 Å². The number of benzene rings is 1. The van der Waals surface area contributed by atoms with Crippen molar-refractivity contribution in [1.82, 2.24) is 0 Å². The van der Waals surface area contributed by atoms with Crippen LogP contribution in [0.1, 0.15) is 23.7 Å². The molecular weight excluding hydrogens is 250 g/mol. The summed E-state index contributed by atoms with van der Waals surface area (Å²) < 4.78 is 0. The van der Waals surface area contributed by atoms with Crippen LogP contribution in [0.3, 0.4) is 0 Å². The number of aldehydes is 1. The maximum Gasteiger partial charge on any atom is 0.240 e. The van der Waals surface area contributed by atoms with E-state index in [-0.39, 0.29) is 17.8 Å². The Hall–Kier alpha value is -1.33. The molecule has 1 N–H and O–H groups in total. The molecule has 0 fully saturated rings. The molecule has 1 aromatic rings. The highest BCUT2D eigenvalue weighted by Crippen LogP contribution is 2.39. The molecule has 0 saturated heterocycles. The van der Waals surface area contributed by atoms with Crippen molar-refractivity contribution in [1.29, 1.82) is 0 Å². The van der Waals surface area contributed by atoms with E-state index in [0.29, 0.717) is 18.5 Å². The van der Waals surface area contributed by atoms with Crippen molar-refractivity contribution in [3.63, 3.8) is 0 Å². The van der Waals surface area contributed by atoms with E-state index < -0.39 is 0 Å². The molecule has 1 aromatic carbocycles. The number of hydrogen-bond acceptors (Lipinski definition) is 4. The third-order valence-electron chi connectivity index (χ3n) is 2.87. The van der Waals surface area contributed by atoms with Crippen LogP contribution in [0.15, 0.2) is 23.1 Å². The number of hydrogen-bond donors (Lipinski definition) is 1. The van der Waals surface area contributed by atoms with Gasteiger partial charge < -0.3 is 10.0 Å². The van der Waals surface area contributed by atoms with Gasteiger partial charge in [0.25, 0.3) is 0 Å². The second-order valence-corrected chi connectivity index (χ2v) is 5.55. The van der Waals surface area contributed by atoms with Crippen LogP contribution in [0.4, 0.5) is 5.69 Å². The van der Waals surface area contributed by atoms with Crippen molar-refractivity contribution in [2.24, 2.45) is 0 Å². The molecule has 2 rings (SSSR count). The van der Waals surface area contributed by atoms with Crippen LogP contribution in [0.5, 0.6) is 0 Å². The summed E-state index contributed by atoms with van der Waals surface area (Å²) in [6.07, 6.45) is 1.36. The fraction of sp³-hybridized carbons (Fsp3) is 0.385. The molecule has 0 radical (unpaired) electrons. The van der Waals surface area contributed by atoms with Gasteiger partial charge in [-0.05, 0) is 31.5 Å². The van der Waals surface area contributed by atoms with Gasteiger partial charge in [-0.1, -0.05) is 0 Å². The molecule has 1 unspecified atom stereocenters. The number of anilines is 1. The van der Waals surface area contributed by atoms with Crippen molar-refractivity contribution in [2.75, 3.05) is 18.1 Å². The molecule has 1 heterocycles. The number of nitrogens with zero attached hydrogens (tertiary/aromatic N) is 1. The second kappa shape index (κ2) is 5.54. The molecule has 1 aliphatic rings. The number of amides is 1. The van der Waals surface area contributed by atoms with E-state index in [1.807, 2.05) is 13.0 Å². The number of aliphatic hydroxyl groups is 1. The first kappa shape index (κ1) is 13.1. The number of carbonyl (C=O) groups is 2. The highest BCUT2D eigenvalue weighted by molar-refractivity contribution is 8.01. The van der Waals surface area contributed by atoms with Gasteiger partial charge in [0.2, 0.25) is 5.91 Å². The van der Waals surface area contributed by atoms with Crippen molar-refractivity contribution < 1.29 is 14.7 Å². The van der Waals surface area contributed by atoms with Gasteiger partial charge in [0.05, 0.1) is 10.9 Å². The minimum atomic E-state index is -0.155. The van der Waals surface area contributed by atoms with Crippen LogP contribution >= 0.6 is 11.8 Å². The fourth-order valence-electron chi connectivity index (χ4n) is 1.96. The average molecular weight is 265 g/mol. The predicted octanol–water partition coefficient (Wildman–Crippen LogP) is 1.71. The molecule has 0 saturated carbocycles. The molecular formula is C13H15NO3S. The molecule has 0 bridgehead atoms. The van der Waals surface area contributed by atoms with Crippen molar-refractivity contribution in [3.05, 3.63) is 23.8 Å². The Morgan fingerprint density at radius 2 is 2.28 bits per heavy atom. The first-order chi connectivity index (χ1) is 8.67. The highest BCUT2D eigenvalue weighted by Gasteiger charge is 2.30. The topological polar surface area (TPSA) is 57.6 Å². The second-order valence-electron chi connectivity index (χ2n) is 4.17. The van der Waals surface area contributed by atoms with Crippen LogP contribution in [0, 0.1) is 0 Å². The SMILES string of the molecule is CC1Sc2cc(C=O)ccc2N(CCCO)C1=O. The summed E-state index contributed by atoms with van der Waals surface area (Å²) in [6.45, 7) is 2.43. The van der Waals surface area contributed by atoms with Gasteiger partial charge in [-0.25, -0.2) is 0 Å². The van der Waals surface area contributed by atoms with E-state index in [1.165, 1.54) is 11.8 Å². The number of thioether (sulfide) groups is 1.